The number of amides is 1. The maximum atomic E-state index is 13.7. The lowest BCUT2D eigenvalue weighted by molar-refractivity contribution is -0.138. The molecule has 5 heteroatoms. The molecule has 3 aromatic carbocycles. The predicted octanol–water partition coefficient (Wildman–Crippen LogP) is 4.98. The molecular weight excluding hydrogens is 390 g/mol. The number of ether oxygens (including phenoxy) is 1. The van der Waals surface area contributed by atoms with Crippen molar-refractivity contribution in [2.75, 3.05) is 11.5 Å². The summed E-state index contributed by atoms with van der Waals surface area (Å²) in [5.74, 6) is -1.42. The lowest BCUT2D eigenvalue weighted by atomic mass is 9.99. The van der Waals surface area contributed by atoms with Gasteiger partial charge in [0, 0.05) is 11.3 Å². The van der Waals surface area contributed by atoms with Crippen LogP contribution < -0.4 is 4.90 Å². The quantitative estimate of drug-likeness (QED) is 0.365. The summed E-state index contributed by atoms with van der Waals surface area (Å²) in [4.78, 5) is 28.2. The number of rotatable bonds is 5. The van der Waals surface area contributed by atoms with E-state index in [4.69, 9.17) is 4.74 Å². The molecule has 31 heavy (non-hydrogen) atoms. The molecule has 0 unspecified atom stereocenters. The molecule has 0 aliphatic carbocycles. The SMILES string of the molecule is CCOC(=O)C1=C(c2ccccc2)N(c2ccccc2)C(=O)/C1=C(/O)c1ccccc1. The molecule has 0 aromatic heterocycles. The summed E-state index contributed by atoms with van der Waals surface area (Å²) < 4.78 is 5.31. The number of hydrogen-bond donors (Lipinski definition) is 1. The standard InChI is InChI=1S/C26H21NO4/c1-2-31-26(30)21-22(24(28)19-14-8-4-9-15-19)25(29)27(20-16-10-5-11-17-20)23(21)18-12-6-3-7-13-18/h3-17,28H,2H2,1H3/b24-22+. The minimum absolute atomic E-state index is 0.0447. The van der Waals surface area contributed by atoms with Crippen LogP contribution in [0.2, 0.25) is 0 Å². The van der Waals surface area contributed by atoms with E-state index in [1.807, 2.05) is 54.6 Å². The summed E-state index contributed by atoms with van der Waals surface area (Å²) in [6.07, 6.45) is 0. The van der Waals surface area contributed by atoms with Gasteiger partial charge in [0.15, 0.2) is 0 Å². The molecule has 1 aliphatic rings. The molecule has 1 heterocycles. The molecule has 4 rings (SSSR count). The van der Waals surface area contributed by atoms with E-state index >= 15 is 0 Å². The van der Waals surface area contributed by atoms with E-state index in [0.29, 0.717) is 22.5 Å². The number of benzene rings is 3. The fourth-order valence-electron chi connectivity index (χ4n) is 3.61. The van der Waals surface area contributed by atoms with Gasteiger partial charge in [-0.2, -0.15) is 0 Å². The number of nitrogens with zero attached hydrogens (tertiary/aromatic N) is 1. The van der Waals surface area contributed by atoms with Gasteiger partial charge in [0.25, 0.3) is 5.91 Å². The van der Waals surface area contributed by atoms with Crippen LogP contribution in [0.5, 0.6) is 0 Å². The molecule has 1 N–H and O–H groups in total. The van der Waals surface area contributed by atoms with Crippen LogP contribution in [0.1, 0.15) is 18.1 Å². The Bertz CT molecular complexity index is 1170. The third-order valence-electron chi connectivity index (χ3n) is 4.95. The number of carbonyl (C=O) groups excluding carboxylic acids is 2. The zero-order chi connectivity index (χ0) is 21.8. The minimum Gasteiger partial charge on any atom is -0.506 e. The number of anilines is 1. The van der Waals surface area contributed by atoms with Gasteiger partial charge in [-0.05, 0) is 24.6 Å². The largest absolute Gasteiger partial charge is 0.506 e. The Morgan fingerprint density at radius 1 is 0.871 bits per heavy atom. The molecular formula is C26H21NO4. The molecule has 0 bridgehead atoms. The van der Waals surface area contributed by atoms with Gasteiger partial charge in [-0.25, -0.2) is 4.79 Å². The smallest absolute Gasteiger partial charge is 0.341 e. The van der Waals surface area contributed by atoms with Gasteiger partial charge in [-0.15, -0.1) is 0 Å². The summed E-state index contributed by atoms with van der Waals surface area (Å²) in [5, 5.41) is 11.1. The van der Waals surface area contributed by atoms with Crippen LogP contribution in [0.15, 0.2) is 102 Å². The number of esters is 1. The second-order valence-electron chi connectivity index (χ2n) is 6.88. The van der Waals surface area contributed by atoms with Crippen LogP contribution in [0.3, 0.4) is 0 Å². The van der Waals surface area contributed by atoms with E-state index in [9.17, 15) is 14.7 Å². The summed E-state index contributed by atoms with van der Waals surface area (Å²) in [7, 11) is 0. The van der Waals surface area contributed by atoms with Gasteiger partial charge in [0.2, 0.25) is 0 Å². The van der Waals surface area contributed by atoms with Crippen LogP contribution >= 0.6 is 0 Å². The Kier molecular flexibility index (Phi) is 5.67. The van der Waals surface area contributed by atoms with Crippen LogP contribution in [0.25, 0.3) is 11.5 Å². The molecule has 154 valence electrons. The van der Waals surface area contributed by atoms with Gasteiger partial charge in [0.1, 0.15) is 11.3 Å². The first-order valence-electron chi connectivity index (χ1n) is 9.98. The van der Waals surface area contributed by atoms with Crippen molar-refractivity contribution in [2.45, 2.75) is 6.92 Å². The third-order valence-corrected chi connectivity index (χ3v) is 4.95. The molecule has 3 aromatic rings. The highest BCUT2D eigenvalue weighted by Gasteiger charge is 2.43. The maximum absolute atomic E-state index is 13.7. The van der Waals surface area contributed by atoms with Gasteiger partial charge in [0.05, 0.1) is 17.9 Å². The fraction of sp³-hybridized carbons (Fsp3) is 0.0769. The van der Waals surface area contributed by atoms with Gasteiger partial charge in [-0.3, -0.25) is 9.69 Å². The zero-order valence-electron chi connectivity index (χ0n) is 17.0. The molecule has 0 atom stereocenters. The Hall–Kier alpha value is -4.12. The zero-order valence-corrected chi connectivity index (χ0v) is 17.0. The second kappa shape index (κ2) is 8.71. The summed E-state index contributed by atoms with van der Waals surface area (Å²) in [6, 6.07) is 26.9. The summed E-state index contributed by atoms with van der Waals surface area (Å²) in [5.41, 5.74) is 2.04. The van der Waals surface area contributed by atoms with E-state index in [0.717, 1.165) is 0 Å². The van der Waals surface area contributed by atoms with Crippen molar-refractivity contribution in [3.8, 4) is 0 Å². The van der Waals surface area contributed by atoms with Gasteiger partial charge in [-0.1, -0.05) is 78.9 Å². The van der Waals surface area contributed by atoms with Crippen LogP contribution in [-0.4, -0.2) is 23.6 Å². The molecule has 0 saturated heterocycles. The topological polar surface area (TPSA) is 66.8 Å². The van der Waals surface area contributed by atoms with Gasteiger partial charge < -0.3 is 9.84 Å². The molecule has 0 fully saturated rings. The highest BCUT2D eigenvalue weighted by molar-refractivity contribution is 6.32. The average molecular weight is 411 g/mol. The van der Waals surface area contributed by atoms with E-state index in [1.54, 1.807) is 43.3 Å². The van der Waals surface area contributed by atoms with Gasteiger partial charge >= 0.3 is 5.97 Å². The number of aliphatic hydroxyl groups is 1. The Labute approximate surface area is 180 Å². The Morgan fingerprint density at radius 2 is 1.42 bits per heavy atom. The first-order valence-corrected chi connectivity index (χ1v) is 9.98. The van der Waals surface area contributed by atoms with Crippen LogP contribution in [-0.2, 0) is 14.3 Å². The monoisotopic (exact) mass is 411 g/mol. The summed E-state index contributed by atoms with van der Waals surface area (Å²) in [6.45, 7) is 1.84. The molecule has 1 aliphatic heterocycles. The van der Waals surface area contributed by atoms with Crippen molar-refractivity contribution >= 4 is 29.0 Å². The first kappa shape index (κ1) is 20.2. The van der Waals surface area contributed by atoms with Crippen LogP contribution in [0, 0.1) is 0 Å². The molecule has 1 amide bonds. The first-order chi connectivity index (χ1) is 15.1. The number of para-hydroxylation sites is 1. The van der Waals surface area contributed by atoms with Crippen molar-refractivity contribution in [1.29, 1.82) is 0 Å². The number of hydrogen-bond acceptors (Lipinski definition) is 4. The van der Waals surface area contributed by atoms with Crippen molar-refractivity contribution in [1.82, 2.24) is 0 Å². The average Bonchev–Trinajstić information content (AvgIpc) is 3.13. The third kappa shape index (κ3) is 3.73. The van der Waals surface area contributed by atoms with E-state index < -0.39 is 11.9 Å². The lowest BCUT2D eigenvalue weighted by Gasteiger charge is -2.20. The minimum atomic E-state index is -0.661. The Morgan fingerprint density at radius 3 is 2.00 bits per heavy atom. The second-order valence-corrected chi connectivity index (χ2v) is 6.88. The molecule has 0 spiro atoms. The van der Waals surface area contributed by atoms with E-state index in [2.05, 4.69) is 0 Å². The highest BCUT2D eigenvalue weighted by atomic mass is 16.5. The summed E-state index contributed by atoms with van der Waals surface area (Å²) >= 11 is 0. The Balaban J connectivity index is 2.05. The van der Waals surface area contributed by atoms with E-state index in [-0.39, 0.29) is 23.5 Å². The van der Waals surface area contributed by atoms with Crippen molar-refractivity contribution < 1.29 is 19.4 Å². The molecule has 0 radical (unpaired) electrons. The highest BCUT2D eigenvalue weighted by Crippen LogP contribution is 2.42. The van der Waals surface area contributed by atoms with Crippen molar-refractivity contribution in [3.05, 3.63) is 113 Å². The number of aliphatic hydroxyl groups excluding tert-OH is 1. The fourth-order valence-corrected chi connectivity index (χ4v) is 3.61. The van der Waals surface area contributed by atoms with Crippen molar-refractivity contribution in [3.63, 3.8) is 0 Å². The predicted molar refractivity (Wildman–Crippen MR) is 120 cm³/mol. The maximum Gasteiger partial charge on any atom is 0.341 e. The molecule has 5 nitrogen and oxygen atoms in total. The van der Waals surface area contributed by atoms with Crippen molar-refractivity contribution in [2.24, 2.45) is 0 Å². The van der Waals surface area contributed by atoms with E-state index in [1.165, 1.54) is 4.90 Å². The number of carbonyl (C=O) groups is 2. The molecule has 0 saturated carbocycles. The lowest BCUT2D eigenvalue weighted by Crippen LogP contribution is -2.25. The normalized spacial score (nSPS) is 15.3. The van der Waals surface area contributed by atoms with Crippen LogP contribution in [0.4, 0.5) is 5.69 Å².